The number of methoxy groups -OCH3 is 1. The lowest BCUT2D eigenvalue weighted by atomic mass is 10.0. The van der Waals surface area contributed by atoms with Gasteiger partial charge in [0.1, 0.15) is 5.75 Å². The van der Waals surface area contributed by atoms with Gasteiger partial charge in [-0.2, -0.15) is 0 Å². The number of carbonyl (C=O) groups excluding carboxylic acids is 2. The number of ether oxygens (including phenoxy) is 1. The Morgan fingerprint density at radius 1 is 1.30 bits per heavy atom. The van der Waals surface area contributed by atoms with Crippen LogP contribution in [0.4, 0.5) is 0 Å². The van der Waals surface area contributed by atoms with Crippen molar-refractivity contribution in [2.45, 2.75) is 25.0 Å². The zero-order chi connectivity index (χ0) is 19.2. The van der Waals surface area contributed by atoms with Crippen LogP contribution in [0.5, 0.6) is 5.75 Å². The Morgan fingerprint density at radius 3 is 2.78 bits per heavy atom. The maximum absolute atomic E-state index is 12.5. The SMILES string of the molecule is COc1cccc(CC(=O)N2CCC(NC(=O)c3ccncc3)C(O)C2)c1. The van der Waals surface area contributed by atoms with Gasteiger partial charge in [0.2, 0.25) is 5.91 Å². The molecule has 0 saturated carbocycles. The number of amides is 2. The third-order valence-corrected chi connectivity index (χ3v) is 4.68. The molecule has 2 heterocycles. The zero-order valence-corrected chi connectivity index (χ0v) is 15.2. The minimum absolute atomic E-state index is 0.0544. The number of nitrogens with zero attached hydrogens (tertiary/aromatic N) is 2. The molecule has 2 amide bonds. The fraction of sp³-hybridized carbons (Fsp3) is 0.350. The number of likely N-dealkylation sites (tertiary alicyclic amines) is 1. The molecule has 0 bridgehead atoms. The first-order valence-electron chi connectivity index (χ1n) is 8.86. The number of β-amino-alcohol motifs (C(OH)–C–C–N with tert-alkyl or cyclic N) is 1. The first-order valence-corrected chi connectivity index (χ1v) is 8.86. The molecule has 7 heteroatoms. The average molecular weight is 369 g/mol. The molecule has 1 aliphatic rings. The summed E-state index contributed by atoms with van der Waals surface area (Å²) in [4.78, 5) is 30.3. The predicted octanol–water partition coefficient (Wildman–Crippen LogP) is 1.02. The second-order valence-electron chi connectivity index (χ2n) is 6.54. The van der Waals surface area contributed by atoms with Gasteiger partial charge in [-0.25, -0.2) is 0 Å². The molecule has 1 fully saturated rings. The summed E-state index contributed by atoms with van der Waals surface area (Å²) in [5, 5.41) is 13.2. The smallest absolute Gasteiger partial charge is 0.251 e. The van der Waals surface area contributed by atoms with E-state index in [1.807, 2.05) is 24.3 Å². The molecule has 0 aliphatic carbocycles. The Morgan fingerprint density at radius 2 is 2.07 bits per heavy atom. The summed E-state index contributed by atoms with van der Waals surface area (Å²) in [6, 6.07) is 10.2. The van der Waals surface area contributed by atoms with E-state index >= 15 is 0 Å². The van der Waals surface area contributed by atoms with Crippen LogP contribution in [0.15, 0.2) is 48.8 Å². The van der Waals surface area contributed by atoms with Crippen LogP contribution in [0.2, 0.25) is 0 Å². The predicted molar refractivity (Wildman–Crippen MR) is 99.4 cm³/mol. The first-order chi connectivity index (χ1) is 13.1. The van der Waals surface area contributed by atoms with Crippen molar-refractivity contribution in [3.05, 3.63) is 59.9 Å². The molecule has 1 saturated heterocycles. The van der Waals surface area contributed by atoms with Gasteiger partial charge in [0.05, 0.1) is 25.7 Å². The highest BCUT2D eigenvalue weighted by molar-refractivity contribution is 5.94. The molecular formula is C20H23N3O4. The van der Waals surface area contributed by atoms with E-state index in [1.165, 1.54) is 0 Å². The molecular weight excluding hydrogens is 346 g/mol. The minimum Gasteiger partial charge on any atom is -0.497 e. The molecule has 1 aromatic carbocycles. The van der Waals surface area contributed by atoms with Crippen molar-refractivity contribution in [3.8, 4) is 5.75 Å². The number of aromatic nitrogens is 1. The summed E-state index contributed by atoms with van der Waals surface area (Å²) in [5.41, 5.74) is 1.36. The number of benzene rings is 1. The molecule has 7 nitrogen and oxygen atoms in total. The van der Waals surface area contributed by atoms with E-state index in [-0.39, 0.29) is 30.8 Å². The Bertz CT molecular complexity index is 797. The van der Waals surface area contributed by atoms with Gasteiger partial charge < -0.3 is 20.1 Å². The number of aliphatic hydroxyl groups excluding tert-OH is 1. The van der Waals surface area contributed by atoms with Crippen LogP contribution >= 0.6 is 0 Å². The number of aliphatic hydroxyl groups is 1. The summed E-state index contributed by atoms with van der Waals surface area (Å²) >= 11 is 0. The van der Waals surface area contributed by atoms with E-state index in [9.17, 15) is 14.7 Å². The molecule has 2 N–H and O–H groups in total. The Hall–Kier alpha value is -2.93. The maximum Gasteiger partial charge on any atom is 0.251 e. The van der Waals surface area contributed by atoms with E-state index in [0.717, 1.165) is 5.56 Å². The number of pyridine rings is 1. The molecule has 27 heavy (non-hydrogen) atoms. The van der Waals surface area contributed by atoms with Crippen LogP contribution in [-0.4, -0.2) is 59.1 Å². The number of rotatable bonds is 5. The van der Waals surface area contributed by atoms with Crippen molar-refractivity contribution in [1.82, 2.24) is 15.2 Å². The lowest BCUT2D eigenvalue weighted by molar-refractivity contribution is -0.134. The number of piperidine rings is 1. The van der Waals surface area contributed by atoms with Gasteiger partial charge in [0.15, 0.2) is 0 Å². The van der Waals surface area contributed by atoms with E-state index < -0.39 is 6.10 Å². The van der Waals surface area contributed by atoms with Gasteiger partial charge in [0, 0.05) is 31.0 Å². The maximum atomic E-state index is 12.5. The van der Waals surface area contributed by atoms with Crippen molar-refractivity contribution in [1.29, 1.82) is 0 Å². The Labute approximate surface area is 158 Å². The van der Waals surface area contributed by atoms with Gasteiger partial charge >= 0.3 is 0 Å². The standard InChI is InChI=1S/C20H23N3O4/c1-27-16-4-2-3-14(11-16)12-19(25)23-10-7-17(18(24)13-23)22-20(26)15-5-8-21-9-6-15/h2-6,8-9,11,17-18,24H,7,10,12-13H2,1H3,(H,22,26). The Balaban J connectivity index is 1.54. The second-order valence-corrected chi connectivity index (χ2v) is 6.54. The highest BCUT2D eigenvalue weighted by Gasteiger charge is 2.31. The molecule has 142 valence electrons. The van der Waals surface area contributed by atoms with Gasteiger partial charge in [-0.3, -0.25) is 14.6 Å². The minimum atomic E-state index is -0.807. The highest BCUT2D eigenvalue weighted by atomic mass is 16.5. The van der Waals surface area contributed by atoms with Crippen LogP contribution < -0.4 is 10.1 Å². The monoisotopic (exact) mass is 369 g/mol. The van der Waals surface area contributed by atoms with Gasteiger partial charge in [-0.15, -0.1) is 0 Å². The molecule has 2 aromatic rings. The van der Waals surface area contributed by atoms with Crippen LogP contribution in [0.3, 0.4) is 0 Å². The number of carbonyl (C=O) groups is 2. The van der Waals surface area contributed by atoms with Crippen LogP contribution in [-0.2, 0) is 11.2 Å². The molecule has 1 aliphatic heterocycles. The fourth-order valence-corrected chi connectivity index (χ4v) is 3.15. The van der Waals surface area contributed by atoms with Crippen molar-refractivity contribution < 1.29 is 19.4 Å². The van der Waals surface area contributed by atoms with E-state index in [1.54, 1.807) is 36.5 Å². The van der Waals surface area contributed by atoms with Gasteiger partial charge in [-0.1, -0.05) is 12.1 Å². The van der Waals surface area contributed by atoms with E-state index in [4.69, 9.17) is 4.74 Å². The summed E-state index contributed by atoms with van der Waals surface area (Å²) in [6.07, 6.45) is 3.04. The number of hydrogen-bond acceptors (Lipinski definition) is 5. The molecule has 2 unspecified atom stereocenters. The average Bonchev–Trinajstić information content (AvgIpc) is 2.70. The lowest BCUT2D eigenvalue weighted by Crippen LogP contribution is -2.55. The third-order valence-electron chi connectivity index (χ3n) is 4.68. The van der Waals surface area contributed by atoms with Crippen molar-refractivity contribution >= 4 is 11.8 Å². The zero-order valence-electron chi connectivity index (χ0n) is 15.2. The second kappa shape index (κ2) is 8.64. The van der Waals surface area contributed by atoms with Crippen LogP contribution in [0.25, 0.3) is 0 Å². The molecule has 2 atom stereocenters. The number of hydrogen-bond donors (Lipinski definition) is 2. The normalized spacial score (nSPS) is 19.4. The number of nitrogens with one attached hydrogen (secondary N) is 1. The van der Waals surface area contributed by atoms with Crippen LogP contribution in [0, 0.1) is 0 Å². The third kappa shape index (κ3) is 4.83. The van der Waals surface area contributed by atoms with E-state index in [2.05, 4.69) is 10.3 Å². The van der Waals surface area contributed by atoms with Crippen molar-refractivity contribution in [2.24, 2.45) is 0 Å². The summed E-state index contributed by atoms with van der Waals surface area (Å²) < 4.78 is 5.18. The largest absolute Gasteiger partial charge is 0.497 e. The van der Waals surface area contributed by atoms with Crippen molar-refractivity contribution in [2.75, 3.05) is 20.2 Å². The van der Waals surface area contributed by atoms with Gasteiger partial charge in [-0.05, 0) is 36.2 Å². The summed E-state index contributed by atoms with van der Waals surface area (Å²) in [5.74, 6) is 0.400. The molecule has 3 rings (SSSR count). The summed E-state index contributed by atoms with van der Waals surface area (Å²) in [6.45, 7) is 0.686. The van der Waals surface area contributed by atoms with E-state index in [0.29, 0.717) is 24.3 Å². The molecule has 1 aromatic heterocycles. The molecule has 0 spiro atoms. The first kappa shape index (κ1) is 18.8. The lowest BCUT2D eigenvalue weighted by Gasteiger charge is -2.36. The van der Waals surface area contributed by atoms with Crippen LogP contribution in [0.1, 0.15) is 22.3 Å². The Kier molecular flexibility index (Phi) is 6.03. The van der Waals surface area contributed by atoms with Crippen molar-refractivity contribution in [3.63, 3.8) is 0 Å². The van der Waals surface area contributed by atoms with Gasteiger partial charge in [0.25, 0.3) is 5.91 Å². The topological polar surface area (TPSA) is 91.8 Å². The fourth-order valence-electron chi connectivity index (χ4n) is 3.15. The summed E-state index contributed by atoms with van der Waals surface area (Å²) in [7, 11) is 1.59. The quantitative estimate of drug-likeness (QED) is 0.821. The molecule has 0 radical (unpaired) electrons. The highest BCUT2D eigenvalue weighted by Crippen LogP contribution is 2.17.